The van der Waals surface area contributed by atoms with Crippen LogP contribution in [0.5, 0.6) is 0 Å². The van der Waals surface area contributed by atoms with Crippen LogP contribution in [-0.2, 0) is 4.79 Å². The van der Waals surface area contributed by atoms with Gasteiger partial charge in [0, 0.05) is 11.2 Å². The molecule has 1 aromatic rings. The van der Waals surface area contributed by atoms with Crippen molar-refractivity contribution >= 4 is 24.7 Å². The maximum atomic E-state index is 12.9. The van der Waals surface area contributed by atoms with Crippen molar-refractivity contribution in [2.24, 2.45) is 0 Å². The van der Waals surface area contributed by atoms with E-state index < -0.39 is 12.9 Å². The lowest BCUT2D eigenvalue weighted by Gasteiger charge is -2.07. The molecule has 3 N–H and O–H groups in total. The summed E-state index contributed by atoms with van der Waals surface area (Å²) in [6, 6.07) is 3.80. The normalized spacial score (nSPS) is 9.46. The summed E-state index contributed by atoms with van der Waals surface area (Å²) in [6.07, 6.45) is 0.334. The van der Waals surface area contributed by atoms with Crippen LogP contribution >= 0.6 is 0 Å². The third kappa shape index (κ3) is 2.04. The quantitative estimate of drug-likeness (QED) is 0.419. The molecule has 0 aromatic heterocycles. The highest BCUT2D eigenvalue weighted by Crippen LogP contribution is 2.06. The molecule has 0 spiro atoms. The zero-order chi connectivity index (χ0) is 9.84. The Morgan fingerprint density at radius 3 is 2.69 bits per heavy atom. The van der Waals surface area contributed by atoms with Gasteiger partial charge in [-0.3, -0.25) is 4.79 Å². The fourth-order valence-corrected chi connectivity index (χ4v) is 0.989. The largest absolute Gasteiger partial charge is 0.493 e. The summed E-state index contributed by atoms with van der Waals surface area (Å²) < 4.78 is 12.9. The molecule has 13 heavy (non-hydrogen) atoms. The summed E-state index contributed by atoms with van der Waals surface area (Å²) in [5.41, 5.74) is -0.292. The minimum absolute atomic E-state index is 0.0463. The highest BCUT2D eigenvalue weighted by Gasteiger charge is 2.20. The van der Waals surface area contributed by atoms with Crippen molar-refractivity contribution in [1.82, 2.24) is 0 Å². The Labute approximate surface area is 74.2 Å². The van der Waals surface area contributed by atoms with Crippen LogP contribution in [0.15, 0.2) is 18.2 Å². The first-order chi connectivity index (χ1) is 6.16. The average Bonchev–Trinajstić information content (AvgIpc) is 2.04. The van der Waals surface area contributed by atoms with E-state index in [1.54, 1.807) is 0 Å². The smallest absolute Gasteiger partial charge is 0.423 e. The molecule has 6 heteroatoms. The first kappa shape index (κ1) is 9.69. The number of hydrogen-bond acceptors (Lipinski definition) is 3. The fraction of sp³-hybridized carbons (Fsp3) is 0. The number of amides is 1. The number of nitrogens with one attached hydrogen (secondary N) is 1. The van der Waals surface area contributed by atoms with Crippen molar-refractivity contribution < 1.29 is 19.2 Å². The minimum atomic E-state index is -1.94. The lowest BCUT2D eigenvalue weighted by molar-refractivity contribution is -0.105. The van der Waals surface area contributed by atoms with Crippen LogP contribution in [0.4, 0.5) is 10.1 Å². The van der Waals surface area contributed by atoms with Crippen LogP contribution in [0.1, 0.15) is 0 Å². The molecule has 0 atom stereocenters. The summed E-state index contributed by atoms with van der Waals surface area (Å²) in [5, 5.41) is 19.7. The highest BCUT2D eigenvalue weighted by molar-refractivity contribution is 6.60. The van der Waals surface area contributed by atoms with E-state index in [4.69, 9.17) is 10.0 Å². The maximum absolute atomic E-state index is 12.9. The highest BCUT2D eigenvalue weighted by atomic mass is 19.1. The van der Waals surface area contributed by atoms with Gasteiger partial charge in [-0.2, -0.15) is 0 Å². The SMILES string of the molecule is O=CNc1cccc(F)c1B(O)O. The van der Waals surface area contributed by atoms with Crippen molar-refractivity contribution in [1.29, 1.82) is 0 Å². The topological polar surface area (TPSA) is 69.6 Å². The molecule has 0 aliphatic heterocycles. The second kappa shape index (κ2) is 4.02. The van der Waals surface area contributed by atoms with Gasteiger partial charge in [-0.05, 0) is 12.1 Å². The second-order valence-electron chi connectivity index (χ2n) is 2.34. The molecule has 0 fully saturated rings. The standard InChI is InChI=1S/C7H7BFNO3/c9-5-2-1-3-6(10-4-11)7(5)8(12)13/h1-4,12-13H,(H,10,11). The number of anilines is 1. The van der Waals surface area contributed by atoms with Crippen LogP contribution in [0.25, 0.3) is 0 Å². The van der Waals surface area contributed by atoms with Crippen molar-refractivity contribution in [2.75, 3.05) is 5.32 Å². The van der Waals surface area contributed by atoms with E-state index in [9.17, 15) is 9.18 Å². The van der Waals surface area contributed by atoms with E-state index in [2.05, 4.69) is 5.32 Å². The number of carbonyl (C=O) groups is 1. The molecule has 0 heterocycles. The molecule has 0 aliphatic carbocycles. The van der Waals surface area contributed by atoms with Gasteiger partial charge in [-0.15, -0.1) is 0 Å². The van der Waals surface area contributed by atoms with E-state index in [0.717, 1.165) is 6.07 Å². The van der Waals surface area contributed by atoms with Gasteiger partial charge < -0.3 is 15.4 Å². The van der Waals surface area contributed by atoms with Crippen LogP contribution in [-0.4, -0.2) is 23.6 Å². The number of benzene rings is 1. The zero-order valence-corrected chi connectivity index (χ0v) is 6.57. The lowest BCUT2D eigenvalue weighted by atomic mass is 9.78. The van der Waals surface area contributed by atoms with E-state index in [1.165, 1.54) is 12.1 Å². The number of rotatable bonds is 3. The maximum Gasteiger partial charge on any atom is 0.493 e. The molecule has 0 bridgehead atoms. The van der Waals surface area contributed by atoms with Gasteiger partial charge in [0.1, 0.15) is 5.82 Å². The molecular weight excluding hydrogens is 176 g/mol. The van der Waals surface area contributed by atoms with Gasteiger partial charge >= 0.3 is 7.12 Å². The number of hydrogen-bond donors (Lipinski definition) is 3. The summed E-state index contributed by atoms with van der Waals surface area (Å²) in [5.74, 6) is -0.776. The summed E-state index contributed by atoms with van der Waals surface area (Å²) in [7, 11) is -1.94. The van der Waals surface area contributed by atoms with Crippen molar-refractivity contribution in [3.63, 3.8) is 0 Å². The van der Waals surface area contributed by atoms with Crippen LogP contribution in [0.3, 0.4) is 0 Å². The van der Waals surface area contributed by atoms with Gasteiger partial charge in [0.05, 0.1) is 0 Å². The number of carbonyl (C=O) groups excluding carboxylic acids is 1. The monoisotopic (exact) mass is 183 g/mol. The van der Waals surface area contributed by atoms with Crippen LogP contribution < -0.4 is 10.8 Å². The van der Waals surface area contributed by atoms with Crippen molar-refractivity contribution in [2.45, 2.75) is 0 Å². The molecule has 0 saturated carbocycles. The predicted molar refractivity (Wildman–Crippen MR) is 45.9 cm³/mol. The molecule has 68 valence electrons. The van der Waals surface area contributed by atoms with Gasteiger partial charge in [0.15, 0.2) is 0 Å². The Bertz CT molecular complexity index is 319. The molecule has 1 amide bonds. The zero-order valence-electron chi connectivity index (χ0n) is 6.57. The summed E-state index contributed by atoms with van der Waals surface area (Å²) >= 11 is 0. The van der Waals surface area contributed by atoms with Gasteiger partial charge in [0.25, 0.3) is 0 Å². The first-order valence-electron chi connectivity index (χ1n) is 3.51. The third-order valence-electron chi connectivity index (χ3n) is 1.53. The first-order valence-corrected chi connectivity index (χ1v) is 3.51. The summed E-state index contributed by atoms with van der Waals surface area (Å²) in [6.45, 7) is 0. The van der Waals surface area contributed by atoms with E-state index in [-0.39, 0.29) is 11.2 Å². The Hall–Kier alpha value is -1.40. The van der Waals surface area contributed by atoms with Crippen LogP contribution in [0.2, 0.25) is 0 Å². The average molecular weight is 183 g/mol. The molecule has 0 unspecified atom stereocenters. The van der Waals surface area contributed by atoms with Gasteiger partial charge in [0.2, 0.25) is 6.41 Å². The van der Waals surface area contributed by atoms with E-state index in [1.807, 2.05) is 0 Å². The van der Waals surface area contributed by atoms with Gasteiger partial charge in [-0.1, -0.05) is 6.07 Å². The van der Waals surface area contributed by atoms with E-state index >= 15 is 0 Å². The fourth-order valence-electron chi connectivity index (χ4n) is 0.989. The molecule has 0 saturated heterocycles. The van der Waals surface area contributed by atoms with Gasteiger partial charge in [-0.25, -0.2) is 4.39 Å². The number of halogens is 1. The lowest BCUT2D eigenvalue weighted by Crippen LogP contribution is -2.35. The molecule has 0 radical (unpaired) electrons. The molecule has 0 aliphatic rings. The second-order valence-corrected chi connectivity index (χ2v) is 2.34. The molecular formula is C7H7BFNO3. The van der Waals surface area contributed by atoms with Crippen molar-refractivity contribution in [3.05, 3.63) is 24.0 Å². The molecule has 1 rings (SSSR count). The Balaban J connectivity index is 3.17. The molecule has 1 aromatic carbocycles. The minimum Gasteiger partial charge on any atom is -0.423 e. The van der Waals surface area contributed by atoms with Crippen molar-refractivity contribution in [3.8, 4) is 0 Å². The Morgan fingerprint density at radius 1 is 1.46 bits per heavy atom. The Morgan fingerprint density at radius 2 is 2.15 bits per heavy atom. The third-order valence-corrected chi connectivity index (χ3v) is 1.53. The Kier molecular flexibility index (Phi) is 3.00. The van der Waals surface area contributed by atoms with Crippen LogP contribution in [0, 0.1) is 5.82 Å². The van der Waals surface area contributed by atoms with E-state index in [0.29, 0.717) is 6.41 Å². The summed E-state index contributed by atoms with van der Waals surface area (Å²) in [4.78, 5) is 10.1. The predicted octanol–water partition coefficient (Wildman–Crippen LogP) is -0.926. The molecule has 4 nitrogen and oxygen atoms in total.